The van der Waals surface area contributed by atoms with Crippen LogP contribution in [0.3, 0.4) is 0 Å². The van der Waals surface area contributed by atoms with Gasteiger partial charge in [-0.15, -0.1) is 0 Å². The Balaban J connectivity index is 1.64. The van der Waals surface area contributed by atoms with Crippen LogP contribution in [-0.4, -0.2) is 50.0 Å². The number of fused-ring (bicyclic) bond motifs is 6. The minimum absolute atomic E-state index is 0.270. The fourth-order valence-electron chi connectivity index (χ4n) is 5.26. The maximum absolute atomic E-state index is 12.6. The Kier molecular flexibility index (Phi) is 7.29. The van der Waals surface area contributed by atoms with Crippen molar-refractivity contribution in [3.8, 4) is 5.75 Å². The highest BCUT2D eigenvalue weighted by Crippen LogP contribution is 2.38. The van der Waals surface area contributed by atoms with E-state index >= 15 is 0 Å². The summed E-state index contributed by atoms with van der Waals surface area (Å²) in [4.78, 5) is 19.6. The van der Waals surface area contributed by atoms with Crippen molar-refractivity contribution in [2.24, 2.45) is 0 Å². The molecular weight excluding hydrogens is 496 g/mol. The summed E-state index contributed by atoms with van der Waals surface area (Å²) in [6.07, 6.45) is 5.93. The predicted octanol–water partition coefficient (Wildman–Crippen LogP) is 5.39. The summed E-state index contributed by atoms with van der Waals surface area (Å²) in [5, 5.41) is 15.2. The number of aryl methyl sites for hydroxylation is 2. The van der Waals surface area contributed by atoms with E-state index in [1.165, 1.54) is 0 Å². The van der Waals surface area contributed by atoms with Crippen LogP contribution < -0.4 is 9.64 Å². The Morgan fingerprint density at radius 3 is 2.67 bits per heavy atom. The number of carboxylic acids is 1. The number of carboxylic acid groups (broad SMARTS) is 1. The number of anilines is 1. The van der Waals surface area contributed by atoms with Crippen LogP contribution in [0.2, 0.25) is 0 Å². The molecule has 0 amide bonds. The first kappa shape index (κ1) is 27.0. The van der Waals surface area contributed by atoms with Gasteiger partial charge in [-0.1, -0.05) is 18.2 Å². The summed E-state index contributed by atoms with van der Waals surface area (Å²) >= 11 is 0. The van der Waals surface area contributed by atoms with Gasteiger partial charge in [0.2, 0.25) is 0 Å². The molecule has 1 N–H and O–H groups in total. The van der Waals surface area contributed by atoms with Gasteiger partial charge < -0.3 is 24.2 Å². The molecule has 1 atom stereocenters. The highest BCUT2D eigenvalue weighted by Gasteiger charge is 2.38. The molecule has 0 spiro atoms. The topological polar surface area (TPSA) is 98.4 Å². The van der Waals surface area contributed by atoms with Crippen molar-refractivity contribution in [3.63, 3.8) is 0 Å². The standard InChI is InChI=1S/C30H38N4O5/c1-20-25(26(28(35)36)39-29(2,3)4)27-33-15-13-30(5,14-16-33)38-17-9-8-11-21-10-6-7-12-23(21)37-19-22-18-24(31-20)34(27)32-22/h6-7,9-10,12,17-18,26H,8,11,13-16,19H2,1-5H3,(H,35,36)/t26-/m0/s1. The second-order valence-corrected chi connectivity index (χ2v) is 11.7. The van der Waals surface area contributed by atoms with E-state index < -0.39 is 17.7 Å². The van der Waals surface area contributed by atoms with Crippen LogP contribution in [0, 0.1) is 6.92 Å². The molecule has 208 valence electrons. The molecule has 1 aromatic carbocycles. The van der Waals surface area contributed by atoms with Crippen LogP contribution in [0.5, 0.6) is 5.75 Å². The first-order valence-electron chi connectivity index (χ1n) is 13.6. The van der Waals surface area contributed by atoms with E-state index in [1.54, 1.807) is 4.52 Å². The minimum Gasteiger partial charge on any atom is -0.495 e. The number of piperidine rings is 1. The van der Waals surface area contributed by atoms with Gasteiger partial charge in [0.15, 0.2) is 11.8 Å². The molecule has 1 fully saturated rings. The zero-order valence-corrected chi connectivity index (χ0v) is 23.4. The first-order valence-corrected chi connectivity index (χ1v) is 13.6. The van der Waals surface area contributed by atoms with Gasteiger partial charge in [-0.25, -0.2) is 9.78 Å². The van der Waals surface area contributed by atoms with Crippen LogP contribution in [-0.2, 0) is 27.3 Å². The molecule has 9 nitrogen and oxygen atoms in total. The zero-order chi connectivity index (χ0) is 27.8. The van der Waals surface area contributed by atoms with Crippen molar-refractivity contribution < 1.29 is 24.1 Å². The second-order valence-electron chi connectivity index (χ2n) is 11.7. The van der Waals surface area contributed by atoms with E-state index in [2.05, 4.69) is 24.0 Å². The third-order valence-electron chi connectivity index (χ3n) is 7.31. The highest BCUT2D eigenvalue weighted by atomic mass is 16.5. The van der Waals surface area contributed by atoms with Gasteiger partial charge in [-0.3, -0.25) is 0 Å². The average Bonchev–Trinajstić information content (AvgIpc) is 3.28. The lowest BCUT2D eigenvalue weighted by Gasteiger charge is -2.41. The van der Waals surface area contributed by atoms with E-state index in [1.807, 2.05) is 58.2 Å². The number of hydrogen-bond acceptors (Lipinski definition) is 7. The largest absolute Gasteiger partial charge is 0.495 e. The van der Waals surface area contributed by atoms with Crippen LogP contribution >= 0.6 is 0 Å². The number of para-hydroxylation sites is 1. The lowest BCUT2D eigenvalue weighted by molar-refractivity contribution is -0.160. The van der Waals surface area contributed by atoms with Gasteiger partial charge in [-0.05, 0) is 65.2 Å². The molecule has 0 aliphatic carbocycles. The van der Waals surface area contributed by atoms with E-state index in [0.717, 1.165) is 37.0 Å². The molecule has 2 aromatic heterocycles. The van der Waals surface area contributed by atoms with E-state index in [9.17, 15) is 9.90 Å². The maximum Gasteiger partial charge on any atom is 0.337 e. The number of nitrogens with zero attached hydrogens (tertiary/aromatic N) is 4. The number of ether oxygens (including phenoxy) is 3. The van der Waals surface area contributed by atoms with Crippen LogP contribution in [0.1, 0.15) is 75.6 Å². The number of rotatable bonds is 3. The van der Waals surface area contributed by atoms with Crippen LogP contribution in [0.4, 0.5) is 5.82 Å². The van der Waals surface area contributed by atoms with Gasteiger partial charge in [0.25, 0.3) is 0 Å². The molecule has 9 heteroatoms. The summed E-state index contributed by atoms with van der Waals surface area (Å²) in [5.74, 6) is 0.456. The molecule has 4 bridgehead atoms. The van der Waals surface area contributed by atoms with Crippen LogP contribution in [0.25, 0.3) is 5.65 Å². The molecule has 39 heavy (non-hydrogen) atoms. The second kappa shape index (κ2) is 10.5. The Hall–Kier alpha value is -3.59. The Morgan fingerprint density at radius 2 is 1.95 bits per heavy atom. The molecule has 0 unspecified atom stereocenters. The Labute approximate surface area is 229 Å². The predicted molar refractivity (Wildman–Crippen MR) is 148 cm³/mol. The Bertz CT molecular complexity index is 1380. The van der Waals surface area contributed by atoms with E-state index in [-0.39, 0.29) is 12.2 Å². The molecular formula is C30H38N4O5. The summed E-state index contributed by atoms with van der Waals surface area (Å²) < 4.78 is 20.3. The highest BCUT2D eigenvalue weighted by molar-refractivity contribution is 5.78. The van der Waals surface area contributed by atoms with Crippen molar-refractivity contribution in [1.82, 2.24) is 14.6 Å². The smallest absolute Gasteiger partial charge is 0.337 e. The van der Waals surface area contributed by atoms with E-state index in [4.69, 9.17) is 24.3 Å². The zero-order valence-electron chi connectivity index (χ0n) is 23.4. The minimum atomic E-state index is -1.20. The van der Waals surface area contributed by atoms with Crippen LogP contribution in [0.15, 0.2) is 42.7 Å². The van der Waals surface area contributed by atoms with E-state index in [0.29, 0.717) is 41.5 Å². The van der Waals surface area contributed by atoms with Crippen molar-refractivity contribution >= 4 is 17.4 Å². The van der Waals surface area contributed by atoms with Gasteiger partial charge >= 0.3 is 5.97 Å². The molecule has 6 rings (SSSR count). The molecule has 0 radical (unpaired) electrons. The summed E-state index contributed by atoms with van der Waals surface area (Å²) in [6.45, 7) is 11.2. The maximum atomic E-state index is 12.6. The third kappa shape index (κ3) is 5.88. The first-order chi connectivity index (χ1) is 18.5. The third-order valence-corrected chi connectivity index (χ3v) is 7.31. The molecule has 3 aliphatic heterocycles. The number of allylic oxidation sites excluding steroid dienone is 1. The van der Waals surface area contributed by atoms with Gasteiger partial charge in [-0.2, -0.15) is 9.61 Å². The quantitative estimate of drug-likeness (QED) is 0.477. The summed E-state index contributed by atoms with van der Waals surface area (Å²) in [6, 6.07) is 9.94. The van der Waals surface area contributed by atoms with Gasteiger partial charge in [0.1, 0.15) is 29.5 Å². The SMILES string of the molecule is Cc1nc2cc3nn2c(c1[C@H](OC(C)(C)C)C(=O)O)N1CCC(C)(CC1)OC=CCCc1ccccc1OC3. The fraction of sp³-hybridized carbons (Fsp3) is 0.500. The summed E-state index contributed by atoms with van der Waals surface area (Å²) in [7, 11) is 0. The van der Waals surface area contributed by atoms with Crippen molar-refractivity contribution in [2.75, 3.05) is 18.0 Å². The van der Waals surface area contributed by atoms with Crippen molar-refractivity contribution in [2.45, 2.75) is 84.2 Å². The van der Waals surface area contributed by atoms with Gasteiger partial charge in [0, 0.05) is 37.7 Å². The lowest BCUT2D eigenvalue weighted by atomic mass is 9.92. The lowest BCUT2D eigenvalue weighted by Crippen LogP contribution is -2.45. The number of benzene rings is 1. The summed E-state index contributed by atoms with van der Waals surface area (Å²) in [5.41, 5.74) is 2.62. The molecule has 3 aliphatic rings. The molecule has 5 heterocycles. The number of aromatic nitrogens is 3. The number of aliphatic carboxylic acids is 1. The number of hydrogen-bond donors (Lipinski definition) is 1. The van der Waals surface area contributed by atoms with Crippen molar-refractivity contribution in [1.29, 1.82) is 0 Å². The average molecular weight is 535 g/mol. The number of carbonyl (C=O) groups is 1. The molecule has 0 saturated carbocycles. The van der Waals surface area contributed by atoms with Crippen molar-refractivity contribution in [3.05, 3.63) is 65.2 Å². The fourth-order valence-corrected chi connectivity index (χ4v) is 5.26. The molecule has 3 aromatic rings. The van der Waals surface area contributed by atoms with Gasteiger partial charge in [0.05, 0.1) is 17.4 Å². The monoisotopic (exact) mass is 534 g/mol. The normalized spacial score (nSPS) is 18.3. The molecule has 1 saturated heterocycles. The Morgan fingerprint density at radius 1 is 1.21 bits per heavy atom.